The molecule has 1 aromatic rings. The van der Waals surface area contributed by atoms with Crippen LogP contribution < -0.4 is 5.32 Å². The summed E-state index contributed by atoms with van der Waals surface area (Å²) in [5.41, 5.74) is 0.440. The van der Waals surface area contributed by atoms with Crippen LogP contribution in [0.25, 0.3) is 0 Å². The van der Waals surface area contributed by atoms with Crippen LogP contribution in [0.3, 0.4) is 0 Å². The highest BCUT2D eigenvalue weighted by Crippen LogP contribution is 2.25. The molecular weight excluding hydrogens is 258 g/mol. The maximum absolute atomic E-state index is 11.0. The standard InChI is InChI=1S/C8H8ClNO3S2/c1-5(11)10-7-3-2-6(4-8(7)14)15(9,12)13/h2-4,14H,1H3,(H,10,11). The lowest BCUT2D eigenvalue weighted by Gasteiger charge is -2.06. The first-order valence-electron chi connectivity index (χ1n) is 3.86. The van der Waals surface area contributed by atoms with Crippen molar-refractivity contribution in [2.24, 2.45) is 0 Å². The monoisotopic (exact) mass is 265 g/mol. The highest BCUT2D eigenvalue weighted by atomic mass is 35.7. The minimum atomic E-state index is -3.76. The Hall–Kier alpha value is -0.720. The molecule has 82 valence electrons. The van der Waals surface area contributed by atoms with Gasteiger partial charge in [0.2, 0.25) is 5.91 Å². The highest BCUT2D eigenvalue weighted by molar-refractivity contribution is 8.13. The van der Waals surface area contributed by atoms with E-state index in [1.54, 1.807) is 0 Å². The fraction of sp³-hybridized carbons (Fsp3) is 0.125. The number of thiol groups is 1. The first kappa shape index (κ1) is 12.4. The molecule has 0 aliphatic heterocycles. The summed E-state index contributed by atoms with van der Waals surface area (Å²) in [7, 11) is 1.38. The normalized spacial score (nSPS) is 11.1. The summed E-state index contributed by atoms with van der Waals surface area (Å²) >= 11 is 4.04. The summed E-state index contributed by atoms with van der Waals surface area (Å²) in [6.07, 6.45) is 0. The maximum Gasteiger partial charge on any atom is 0.261 e. The number of anilines is 1. The van der Waals surface area contributed by atoms with E-state index in [1.807, 2.05) is 0 Å². The number of carbonyl (C=O) groups excluding carboxylic acids is 1. The van der Waals surface area contributed by atoms with Gasteiger partial charge in [-0.2, -0.15) is 0 Å². The van der Waals surface area contributed by atoms with Crippen molar-refractivity contribution < 1.29 is 13.2 Å². The van der Waals surface area contributed by atoms with E-state index in [0.717, 1.165) is 0 Å². The zero-order valence-electron chi connectivity index (χ0n) is 7.69. The third-order valence-electron chi connectivity index (χ3n) is 1.56. The molecule has 0 aliphatic rings. The molecule has 0 unspecified atom stereocenters. The number of hydrogen-bond donors (Lipinski definition) is 2. The Balaban J connectivity index is 3.15. The number of carbonyl (C=O) groups is 1. The summed E-state index contributed by atoms with van der Waals surface area (Å²) in [4.78, 5) is 11.0. The minimum absolute atomic E-state index is 0.0525. The number of nitrogens with one attached hydrogen (secondary N) is 1. The van der Waals surface area contributed by atoms with Crippen molar-refractivity contribution in [1.29, 1.82) is 0 Å². The van der Waals surface area contributed by atoms with Crippen LogP contribution in [0.4, 0.5) is 5.69 Å². The highest BCUT2D eigenvalue weighted by Gasteiger charge is 2.11. The van der Waals surface area contributed by atoms with Crippen LogP contribution in [-0.4, -0.2) is 14.3 Å². The van der Waals surface area contributed by atoms with Crippen LogP contribution in [0.5, 0.6) is 0 Å². The largest absolute Gasteiger partial charge is 0.325 e. The molecule has 0 aliphatic carbocycles. The summed E-state index contributed by atoms with van der Waals surface area (Å²) in [5, 5.41) is 2.50. The Morgan fingerprint density at radius 3 is 2.47 bits per heavy atom. The first-order chi connectivity index (χ1) is 6.80. The summed E-state index contributed by atoms with van der Waals surface area (Å²) in [5.74, 6) is -0.258. The molecule has 0 spiro atoms. The number of benzene rings is 1. The Labute approximate surface area is 97.5 Å². The Morgan fingerprint density at radius 2 is 2.07 bits per heavy atom. The fourth-order valence-corrected chi connectivity index (χ4v) is 2.09. The van der Waals surface area contributed by atoms with E-state index in [0.29, 0.717) is 10.6 Å². The van der Waals surface area contributed by atoms with Crippen molar-refractivity contribution in [2.45, 2.75) is 16.7 Å². The predicted molar refractivity (Wildman–Crippen MR) is 61.0 cm³/mol. The Bertz CT molecular complexity index is 499. The first-order valence-corrected chi connectivity index (χ1v) is 6.61. The molecular formula is C8H8ClNO3S2. The van der Waals surface area contributed by atoms with Crippen LogP contribution in [0.2, 0.25) is 0 Å². The molecule has 1 N–H and O–H groups in total. The van der Waals surface area contributed by atoms with Crippen LogP contribution in [0.15, 0.2) is 28.0 Å². The second kappa shape index (κ2) is 4.42. The molecule has 0 radical (unpaired) electrons. The lowest BCUT2D eigenvalue weighted by Crippen LogP contribution is -2.06. The zero-order chi connectivity index (χ0) is 11.6. The smallest absolute Gasteiger partial charge is 0.261 e. The quantitative estimate of drug-likeness (QED) is 0.634. The molecule has 1 amide bonds. The zero-order valence-corrected chi connectivity index (χ0v) is 10.2. The van der Waals surface area contributed by atoms with Gasteiger partial charge in [-0.1, -0.05) is 0 Å². The molecule has 0 bridgehead atoms. The van der Waals surface area contributed by atoms with E-state index in [-0.39, 0.29) is 10.8 Å². The van der Waals surface area contributed by atoms with Gasteiger partial charge in [-0.15, -0.1) is 12.6 Å². The molecule has 0 aromatic heterocycles. The van der Waals surface area contributed by atoms with Crippen molar-refractivity contribution in [2.75, 3.05) is 5.32 Å². The van der Waals surface area contributed by atoms with Crippen LogP contribution >= 0.6 is 23.3 Å². The van der Waals surface area contributed by atoms with E-state index >= 15 is 0 Å². The molecule has 0 fully saturated rings. The van der Waals surface area contributed by atoms with Gasteiger partial charge in [-0.3, -0.25) is 4.79 Å². The van der Waals surface area contributed by atoms with Crippen LogP contribution in [0.1, 0.15) is 6.92 Å². The van der Waals surface area contributed by atoms with E-state index < -0.39 is 9.05 Å². The Morgan fingerprint density at radius 1 is 1.47 bits per heavy atom. The number of hydrogen-bond acceptors (Lipinski definition) is 4. The van der Waals surface area contributed by atoms with Gasteiger partial charge in [0.25, 0.3) is 9.05 Å². The van der Waals surface area contributed by atoms with Gasteiger partial charge < -0.3 is 5.32 Å². The summed E-state index contributed by atoms with van der Waals surface area (Å²) < 4.78 is 21.9. The van der Waals surface area contributed by atoms with Crippen molar-refractivity contribution >= 4 is 44.0 Å². The van der Waals surface area contributed by atoms with Gasteiger partial charge in [0, 0.05) is 22.5 Å². The molecule has 15 heavy (non-hydrogen) atoms. The lowest BCUT2D eigenvalue weighted by molar-refractivity contribution is -0.114. The van der Waals surface area contributed by atoms with Crippen LogP contribution in [0, 0.1) is 0 Å². The summed E-state index contributed by atoms with van der Waals surface area (Å²) in [6.45, 7) is 1.35. The fourth-order valence-electron chi connectivity index (χ4n) is 0.958. The molecule has 0 saturated carbocycles. The van der Waals surface area contributed by atoms with Gasteiger partial charge in [0.05, 0.1) is 10.6 Å². The second-order valence-corrected chi connectivity index (χ2v) is 5.85. The number of rotatable bonds is 2. The van der Waals surface area contributed by atoms with Gasteiger partial charge in [0.1, 0.15) is 0 Å². The summed E-state index contributed by atoms with van der Waals surface area (Å²) in [6, 6.07) is 4.00. The molecule has 0 saturated heterocycles. The molecule has 0 atom stereocenters. The van der Waals surface area contributed by atoms with Crippen molar-refractivity contribution in [3.05, 3.63) is 18.2 Å². The van der Waals surface area contributed by atoms with Gasteiger partial charge in [-0.05, 0) is 18.2 Å². The van der Waals surface area contributed by atoms with E-state index in [4.69, 9.17) is 10.7 Å². The van der Waals surface area contributed by atoms with Gasteiger partial charge >= 0.3 is 0 Å². The maximum atomic E-state index is 11.0. The van der Waals surface area contributed by atoms with E-state index in [1.165, 1.54) is 25.1 Å². The topological polar surface area (TPSA) is 63.2 Å². The molecule has 1 rings (SSSR count). The third kappa shape index (κ3) is 3.40. The second-order valence-electron chi connectivity index (χ2n) is 2.80. The predicted octanol–water partition coefficient (Wildman–Crippen LogP) is 1.86. The lowest BCUT2D eigenvalue weighted by atomic mass is 10.3. The SMILES string of the molecule is CC(=O)Nc1ccc(S(=O)(=O)Cl)cc1S. The van der Waals surface area contributed by atoms with E-state index in [2.05, 4.69) is 17.9 Å². The van der Waals surface area contributed by atoms with Crippen molar-refractivity contribution in [3.8, 4) is 0 Å². The third-order valence-corrected chi connectivity index (χ3v) is 3.28. The number of halogens is 1. The van der Waals surface area contributed by atoms with E-state index in [9.17, 15) is 13.2 Å². The molecule has 1 aromatic carbocycles. The van der Waals surface area contributed by atoms with Gasteiger partial charge in [0.15, 0.2) is 0 Å². The number of amides is 1. The van der Waals surface area contributed by atoms with Crippen molar-refractivity contribution in [3.63, 3.8) is 0 Å². The molecule has 0 heterocycles. The van der Waals surface area contributed by atoms with Crippen molar-refractivity contribution in [1.82, 2.24) is 0 Å². The molecule has 4 nitrogen and oxygen atoms in total. The Kier molecular flexibility index (Phi) is 3.64. The average molecular weight is 266 g/mol. The average Bonchev–Trinajstić information content (AvgIpc) is 2.05. The van der Waals surface area contributed by atoms with Crippen LogP contribution in [-0.2, 0) is 13.8 Å². The van der Waals surface area contributed by atoms with Gasteiger partial charge in [-0.25, -0.2) is 8.42 Å². The minimum Gasteiger partial charge on any atom is -0.325 e. The molecule has 7 heteroatoms.